The Kier molecular flexibility index (Phi) is 4.31. The molecule has 0 aromatic carbocycles. The summed E-state index contributed by atoms with van der Waals surface area (Å²) in [6, 6.07) is 4.24. The second-order valence-corrected chi connectivity index (χ2v) is 7.06. The SMILES string of the molecule is CC(CS(C)(=O)=O)N[C@@H](C)c1cccs1. The molecule has 1 heterocycles. The molecular formula is C10H17NO2S2. The van der Waals surface area contributed by atoms with Crippen molar-refractivity contribution in [2.45, 2.75) is 25.9 Å². The van der Waals surface area contributed by atoms with E-state index < -0.39 is 9.84 Å². The minimum atomic E-state index is -2.90. The van der Waals surface area contributed by atoms with E-state index in [2.05, 4.69) is 11.4 Å². The molecule has 0 fully saturated rings. The number of nitrogens with one attached hydrogen (secondary N) is 1. The molecule has 0 aliphatic rings. The first kappa shape index (κ1) is 12.7. The standard InChI is InChI=1S/C10H17NO2S2/c1-8(7-15(3,12)13)11-9(2)10-5-4-6-14-10/h4-6,8-9,11H,7H2,1-3H3/t8?,9-/m0/s1. The van der Waals surface area contributed by atoms with Crippen molar-refractivity contribution in [2.24, 2.45) is 0 Å². The van der Waals surface area contributed by atoms with E-state index >= 15 is 0 Å². The van der Waals surface area contributed by atoms with Crippen molar-refractivity contribution < 1.29 is 8.42 Å². The van der Waals surface area contributed by atoms with Crippen LogP contribution in [-0.2, 0) is 9.84 Å². The van der Waals surface area contributed by atoms with E-state index in [0.717, 1.165) is 0 Å². The fourth-order valence-electron chi connectivity index (χ4n) is 1.55. The first-order valence-corrected chi connectivity index (χ1v) is 7.79. The molecule has 0 radical (unpaired) electrons. The summed E-state index contributed by atoms with van der Waals surface area (Å²) in [4.78, 5) is 1.23. The van der Waals surface area contributed by atoms with Crippen molar-refractivity contribution in [3.05, 3.63) is 22.4 Å². The largest absolute Gasteiger partial charge is 0.306 e. The summed E-state index contributed by atoms with van der Waals surface area (Å²) < 4.78 is 22.1. The lowest BCUT2D eigenvalue weighted by Gasteiger charge is -2.18. The third-order valence-corrected chi connectivity index (χ3v) is 4.22. The van der Waals surface area contributed by atoms with Crippen molar-refractivity contribution in [2.75, 3.05) is 12.0 Å². The van der Waals surface area contributed by atoms with E-state index in [4.69, 9.17) is 0 Å². The fraction of sp³-hybridized carbons (Fsp3) is 0.600. The molecule has 0 bridgehead atoms. The van der Waals surface area contributed by atoms with Gasteiger partial charge in [0.25, 0.3) is 0 Å². The van der Waals surface area contributed by atoms with Crippen LogP contribution in [0.4, 0.5) is 0 Å². The Bertz CT molecular complexity index is 384. The van der Waals surface area contributed by atoms with E-state index in [1.165, 1.54) is 11.1 Å². The molecule has 15 heavy (non-hydrogen) atoms. The lowest BCUT2D eigenvalue weighted by atomic mass is 10.2. The summed E-state index contributed by atoms with van der Waals surface area (Å²) in [5, 5.41) is 5.29. The van der Waals surface area contributed by atoms with Gasteiger partial charge in [-0.05, 0) is 25.3 Å². The van der Waals surface area contributed by atoms with Gasteiger partial charge in [0, 0.05) is 23.2 Å². The molecule has 0 aliphatic heterocycles. The van der Waals surface area contributed by atoms with Crippen molar-refractivity contribution in [1.82, 2.24) is 5.32 Å². The van der Waals surface area contributed by atoms with Gasteiger partial charge in [-0.3, -0.25) is 0 Å². The van der Waals surface area contributed by atoms with Crippen LogP contribution in [-0.4, -0.2) is 26.5 Å². The first-order valence-electron chi connectivity index (χ1n) is 4.85. The smallest absolute Gasteiger partial charge is 0.148 e. The quantitative estimate of drug-likeness (QED) is 0.863. The lowest BCUT2D eigenvalue weighted by molar-refractivity contribution is 0.505. The second kappa shape index (κ2) is 5.09. The Morgan fingerprint density at radius 1 is 1.47 bits per heavy atom. The van der Waals surface area contributed by atoms with E-state index in [0.29, 0.717) is 0 Å². The first-order chi connectivity index (χ1) is 6.88. The maximum Gasteiger partial charge on any atom is 0.148 e. The van der Waals surface area contributed by atoms with Gasteiger partial charge in [0.05, 0.1) is 5.75 Å². The Labute approximate surface area is 95.4 Å². The minimum absolute atomic E-state index is 0.0166. The van der Waals surface area contributed by atoms with Gasteiger partial charge in [-0.25, -0.2) is 8.42 Å². The highest BCUT2D eigenvalue weighted by molar-refractivity contribution is 7.90. The van der Waals surface area contributed by atoms with Gasteiger partial charge < -0.3 is 5.32 Å². The molecule has 1 N–H and O–H groups in total. The predicted octanol–water partition coefficient (Wildman–Crippen LogP) is 1.83. The van der Waals surface area contributed by atoms with Crippen LogP contribution in [0.2, 0.25) is 0 Å². The fourth-order valence-corrected chi connectivity index (χ4v) is 3.30. The molecule has 0 aliphatic carbocycles. The van der Waals surface area contributed by atoms with Gasteiger partial charge in [-0.2, -0.15) is 0 Å². The highest BCUT2D eigenvalue weighted by Gasteiger charge is 2.14. The van der Waals surface area contributed by atoms with Crippen LogP contribution in [0, 0.1) is 0 Å². The third-order valence-electron chi connectivity index (χ3n) is 2.06. The topological polar surface area (TPSA) is 46.2 Å². The van der Waals surface area contributed by atoms with Gasteiger partial charge in [0.2, 0.25) is 0 Å². The number of rotatable bonds is 5. The zero-order chi connectivity index (χ0) is 11.5. The maximum atomic E-state index is 11.1. The highest BCUT2D eigenvalue weighted by Crippen LogP contribution is 2.18. The van der Waals surface area contributed by atoms with Crippen LogP contribution in [0.15, 0.2) is 17.5 Å². The molecule has 5 heteroatoms. The molecule has 0 amide bonds. The monoisotopic (exact) mass is 247 g/mol. The summed E-state index contributed by atoms with van der Waals surface area (Å²) >= 11 is 1.68. The molecule has 0 saturated carbocycles. The molecule has 2 atom stereocenters. The van der Waals surface area contributed by atoms with Gasteiger partial charge in [-0.15, -0.1) is 11.3 Å². The van der Waals surface area contributed by atoms with Crippen molar-refractivity contribution in [3.8, 4) is 0 Å². The number of sulfone groups is 1. The normalized spacial score (nSPS) is 16.2. The summed E-state index contributed by atoms with van der Waals surface area (Å²) in [6.07, 6.45) is 1.26. The summed E-state index contributed by atoms with van der Waals surface area (Å²) in [7, 11) is -2.90. The Morgan fingerprint density at radius 2 is 2.13 bits per heavy atom. The second-order valence-electron chi connectivity index (χ2n) is 3.90. The predicted molar refractivity (Wildman–Crippen MR) is 65.0 cm³/mol. The summed E-state index contributed by atoms with van der Waals surface area (Å²) in [6.45, 7) is 3.94. The number of thiophene rings is 1. The average Bonchev–Trinajstić information content (AvgIpc) is 2.50. The minimum Gasteiger partial charge on any atom is -0.306 e. The molecule has 3 nitrogen and oxygen atoms in total. The molecule has 1 unspecified atom stereocenters. The number of hydrogen-bond acceptors (Lipinski definition) is 4. The number of hydrogen-bond donors (Lipinski definition) is 1. The average molecular weight is 247 g/mol. The Balaban J connectivity index is 2.49. The van der Waals surface area contributed by atoms with Crippen LogP contribution in [0.5, 0.6) is 0 Å². The molecule has 0 saturated heterocycles. The highest BCUT2D eigenvalue weighted by atomic mass is 32.2. The van der Waals surface area contributed by atoms with Crippen LogP contribution < -0.4 is 5.32 Å². The lowest BCUT2D eigenvalue weighted by Crippen LogP contribution is -2.34. The van der Waals surface area contributed by atoms with Crippen molar-refractivity contribution in [1.29, 1.82) is 0 Å². The molecule has 1 rings (SSSR count). The van der Waals surface area contributed by atoms with Gasteiger partial charge in [0.15, 0.2) is 0 Å². The summed E-state index contributed by atoms with van der Waals surface area (Å²) in [5.41, 5.74) is 0. The summed E-state index contributed by atoms with van der Waals surface area (Å²) in [5.74, 6) is 0.183. The molecule has 0 spiro atoms. The zero-order valence-corrected chi connectivity index (χ0v) is 10.9. The van der Waals surface area contributed by atoms with Crippen molar-refractivity contribution >= 4 is 21.2 Å². The van der Waals surface area contributed by atoms with Gasteiger partial charge in [0.1, 0.15) is 9.84 Å². The van der Waals surface area contributed by atoms with Crippen LogP contribution in [0.3, 0.4) is 0 Å². The van der Waals surface area contributed by atoms with E-state index in [9.17, 15) is 8.42 Å². The van der Waals surface area contributed by atoms with E-state index in [-0.39, 0.29) is 17.8 Å². The molecule has 1 aromatic heterocycles. The maximum absolute atomic E-state index is 11.1. The van der Waals surface area contributed by atoms with Crippen molar-refractivity contribution in [3.63, 3.8) is 0 Å². The van der Waals surface area contributed by atoms with Crippen LogP contribution in [0.25, 0.3) is 0 Å². The van der Waals surface area contributed by atoms with Crippen LogP contribution in [0.1, 0.15) is 24.8 Å². The van der Waals surface area contributed by atoms with Gasteiger partial charge in [-0.1, -0.05) is 6.07 Å². The molecular weight excluding hydrogens is 230 g/mol. The van der Waals surface area contributed by atoms with E-state index in [1.807, 2.05) is 25.3 Å². The Hall–Kier alpha value is -0.390. The van der Waals surface area contributed by atoms with E-state index in [1.54, 1.807) is 11.3 Å². The van der Waals surface area contributed by atoms with Crippen LogP contribution >= 0.6 is 11.3 Å². The molecule has 1 aromatic rings. The van der Waals surface area contributed by atoms with Gasteiger partial charge >= 0.3 is 0 Å². The third kappa shape index (κ3) is 4.77. The Morgan fingerprint density at radius 3 is 2.60 bits per heavy atom. The zero-order valence-electron chi connectivity index (χ0n) is 9.23. The molecule has 86 valence electrons.